The molecule has 4 aromatic rings. The molecule has 40 heavy (non-hydrogen) atoms. The summed E-state index contributed by atoms with van der Waals surface area (Å²) in [6, 6.07) is 14.8. The summed E-state index contributed by atoms with van der Waals surface area (Å²) < 4.78 is 12.7. The summed E-state index contributed by atoms with van der Waals surface area (Å²) in [6.45, 7) is 13.8. The van der Waals surface area contributed by atoms with Crippen molar-refractivity contribution in [3.8, 4) is 11.5 Å². The number of hydroxylamine groups is 2. The largest absolute Gasteiger partial charge is 0.497 e. The molecule has 0 aliphatic rings. The molecule has 0 radical (unpaired) electrons. The summed E-state index contributed by atoms with van der Waals surface area (Å²) in [5, 5.41) is 3.59. The van der Waals surface area contributed by atoms with E-state index < -0.39 is 11.7 Å². The van der Waals surface area contributed by atoms with Gasteiger partial charge < -0.3 is 18.9 Å². The average molecular weight is 546 g/mol. The quantitative estimate of drug-likeness (QED) is 0.177. The van der Waals surface area contributed by atoms with Crippen molar-refractivity contribution in [2.24, 2.45) is 5.92 Å². The predicted octanol–water partition coefficient (Wildman–Crippen LogP) is 6.88. The van der Waals surface area contributed by atoms with Gasteiger partial charge in [-0.1, -0.05) is 26.0 Å². The lowest BCUT2D eigenvalue weighted by Crippen LogP contribution is -2.44. The fraction of sp³-hybridized carbons (Fsp3) is 0.406. The number of amides is 1. The number of fused-ring (bicyclic) bond motifs is 3. The highest BCUT2D eigenvalue weighted by Crippen LogP contribution is 2.29. The van der Waals surface area contributed by atoms with E-state index in [1.54, 1.807) is 17.9 Å². The molecule has 212 valence electrons. The Morgan fingerprint density at radius 2 is 1.68 bits per heavy atom. The molecule has 2 heterocycles. The number of aryl methyl sites for hydroxylation is 1. The highest BCUT2D eigenvalue weighted by Gasteiger charge is 2.29. The van der Waals surface area contributed by atoms with Crippen LogP contribution in [0.5, 0.6) is 11.5 Å². The van der Waals surface area contributed by atoms with Gasteiger partial charge in [-0.05, 0) is 88.2 Å². The first kappa shape index (κ1) is 28.9. The lowest BCUT2D eigenvalue weighted by molar-refractivity contribution is -0.0966. The highest BCUT2D eigenvalue weighted by atomic mass is 16.7. The Morgan fingerprint density at radius 3 is 2.30 bits per heavy atom. The first-order valence-corrected chi connectivity index (χ1v) is 13.6. The zero-order chi connectivity index (χ0) is 29.2. The van der Waals surface area contributed by atoms with Crippen LogP contribution in [0.15, 0.2) is 59.5 Å². The van der Waals surface area contributed by atoms with Gasteiger partial charge in [-0.3, -0.25) is 9.78 Å². The van der Waals surface area contributed by atoms with Crippen LogP contribution in [0.2, 0.25) is 0 Å². The molecule has 0 unspecified atom stereocenters. The van der Waals surface area contributed by atoms with Gasteiger partial charge in [0.1, 0.15) is 11.4 Å². The number of ether oxygens (including phenoxy) is 2. The minimum atomic E-state index is -0.677. The van der Waals surface area contributed by atoms with Crippen molar-refractivity contribution in [1.29, 1.82) is 0 Å². The van der Waals surface area contributed by atoms with Crippen molar-refractivity contribution in [2.45, 2.75) is 73.1 Å². The van der Waals surface area contributed by atoms with E-state index >= 15 is 0 Å². The van der Waals surface area contributed by atoms with Gasteiger partial charge in [0.2, 0.25) is 0 Å². The molecule has 0 spiro atoms. The molecule has 2 aromatic carbocycles. The molecular formula is C32H39N3O5. The van der Waals surface area contributed by atoms with Crippen LogP contribution in [0.4, 0.5) is 4.79 Å². The predicted molar refractivity (Wildman–Crippen MR) is 158 cm³/mol. The maximum Gasteiger partial charge on any atom is 0.443 e. The Kier molecular flexibility index (Phi) is 8.37. The number of nitrogens with zero attached hydrogens (tertiary/aromatic N) is 3. The molecule has 0 saturated carbocycles. The maximum absolute atomic E-state index is 13.9. The molecule has 0 bridgehead atoms. The summed E-state index contributed by atoms with van der Waals surface area (Å²) >= 11 is 0. The van der Waals surface area contributed by atoms with Crippen molar-refractivity contribution < 1.29 is 19.1 Å². The van der Waals surface area contributed by atoms with E-state index in [2.05, 4.69) is 18.8 Å². The summed E-state index contributed by atoms with van der Waals surface area (Å²) in [6.07, 6.45) is 1.88. The molecule has 4 rings (SSSR count). The Hall–Kier alpha value is -4.07. The van der Waals surface area contributed by atoms with Crippen molar-refractivity contribution in [3.63, 3.8) is 0 Å². The lowest BCUT2D eigenvalue weighted by Gasteiger charge is -2.31. The number of benzene rings is 2. The molecule has 0 aliphatic carbocycles. The summed E-state index contributed by atoms with van der Waals surface area (Å²) in [5.74, 6) is 1.52. The molecule has 1 amide bonds. The molecule has 8 heteroatoms. The highest BCUT2D eigenvalue weighted by molar-refractivity contribution is 6.06. The van der Waals surface area contributed by atoms with E-state index in [-0.39, 0.29) is 11.6 Å². The van der Waals surface area contributed by atoms with Gasteiger partial charge in [0, 0.05) is 17.6 Å². The minimum absolute atomic E-state index is 0.141. The van der Waals surface area contributed by atoms with Gasteiger partial charge in [-0.15, -0.1) is 5.06 Å². The summed E-state index contributed by atoms with van der Waals surface area (Å²) in [5.41, 5.74) is 1.49. The molecule has 2 aromatic heterocycles. The Balaban J connectivity index is 1.84. The molecular weight excluding hydrogens is 506 g/mol. The zero-order valence-electron chi connectivity index (χ0n) is 24.6. The zero-order valence-corrected chi connectivity index (χ0v) is 24.6. The van der Waals surface area contributed by atoms with Gasteiger partial charge in [0.15, 0.2) is 5.75 Å². The molecule has 0 fully saturated rings. The van der Waals surface area contributed by atoms with Gasteiger partial charge in [0.05, 0.1) is 36.3 Å². The SMILES string of the molecule is COc1ccc(Cn2c(=O)c3c(C)nccc3c3ccc(ON(C(=O)OC(C)(C)C)[C@@H](C)CC(C)C)cc32)cc1. The van der Waals surface area contributed by atoms with Crippen LogP contribution in [0, 0.1) is 12.8 Å². The fourth-order valence-electron chi connectivity index (χ4n) is 4.90. The third-order valence-corrected chi connectivity index (χ3v) is 6.64. The van der Waals surface area contributed by atoms with Gasteiger partial charge in [-0.25, -0.2) is 4.79 Å². The van der Waals surface area contributed by atoms with Crippen molar-refractivity contribution in [3.05, 3.63) is 76.3 Å². The Bertz CT molecular complexity index is 1570. The van der Waals surface area contributed by atoms with Crippen LogP contribution in [0.25, 0.3) is 21.7 Å². The number of carbonyl (C=O) groups is 1. The molecule has 0 saturated heterocycles. The van der Waals surface area contributed by atoms with E-state index in [1.165, 1.54) is 5.06 Å². The molecule has 0 aliphatic heterocycles. The molecule has 0 N–H and O–H groups in total. The van der Waals surface area contributed by atoms with Crippen LogP contribution in [-0.4, -0.2) is 39.5 Å². The van der Waals surface area contributed by atoms with E-state index in [0.717, 1.165) is 28.5 Å². The summed E-state index contributed by atoms with van der Waals surface area (Å²) in [4.78, 5) is 37.7. The molecule has 8 nitrogen and oxygen atoms in total. The van der Waals surface area contributed by atoms with Crippen molar-refractivity contribution in [2.75, 3.05) is 7.11 Å². The van der Waals surface area contributed by atoms with E-state index in [0.29, 0.717) is 34.8 Å². The molecule has 1 atom stereocenters. The topological polar surface area (TPSA) is 82.9 Å². The van der Waals surface area contributed by atoms with Crippen LogP contribution < -0.4 is 15.1 Å². The van der Waals surface area contributed by atoms with Crippen LogP contribution in [0.3, 0.4) is 0 Å². The normalized spacial score (nSPS) is 12.5. The number of hydrogen-bond acceptors (Lipinski definition) is 6. The second-order valence-electron chi connectivity index (χ2n) is 11.6. The first-order chi connectivity index (χ1) is 18.9. The Morgan fingerprint density at radius 1 is 1.00 bits per heavy atom. The standard InChI is InChI=1S/C32H39N3O5/c1-20(2)17-21(3)35(31(37)39-32(5,6)7)40-25-13-14-26-27-15-16-33-22(4)29(27)30(36)34(28(26)18-25)19-23-9-11-24(38-8)12-10-23/h9-16,18,20-21H,17,19H2,1-8H3/t21-/m0/s1. The average Bonchev–Trinajstić information content (AvgIpc) is 2.88. The number of aromatic nitrogens is 2. The van der Waals surface area contributed by atoms with Gasteiger partial charge in [0.25, 0.3) is 5.56 Å². The number of carbonyl (C=O) groups excluding carboxylic acids is 1. The number of methoxy groups -OCH3 is 1. The third-order valence-electron chi connectivity index (χ3n) is 6.64. The smallest absolute Gasteiger partial charge is 0.443 e. The second kappa shape index (κ2) is 11.6. The first-order valence-electron chi connectivity index (χ1n) is 13.6. The second-order valence-corrected chi connectivity index (χ2v) is 11.6. The van der Waals surface area contributed by atoms with E-state index in [4.69, 9.17) is 14.3 Å². The van der Waals surface area contributed by atoms with Crippen LogP contribution in [0.1, 0.15) is 59.2 Å². The third kappa shape index (κ3) is 6.38. The van der Waals surface area contributed by atoms with E-state index in [9.17, 15) is 9.59 Å². The van der Waals surface area contributed by atoms with Gasteiger partial charge in [-0.2, -0.15) is 0 Å². The number of pyridine rings is 2. The summed E-state index contributed by atoms with van der Waals surface area (Å²) in [7, 11) is 1.62. The lowest BCUT2D eigenvalue weighted by atomic mass is 10.0. The number of rotatable bonds is 8. The van der Waals surface area contributed by atoms with Crippen LogP contribution in [-0.2, 0) is 11.3 Å². The Labute approximate surface area is 235 Å². The van der Waals surface area contributed by atoms with Crippen LogP contribution >= 0.6 is 0 Å². The fourth-order valence-corrected chi connectivity index (χ4v) is 4.90. The van der Waals surface area contributed by atoms with Crippen molar-refractivity contribution >= 4 is 27.8 Å². The van der Waals surface area contributed by atoms with Crippen molar-refractivity contribution in [1.82, 2.24) is 14.6 Å². The van der Waals surface area contributed by atoms with E-state index in [1.807, 2.05) is 83.1 Å². The van der Waals surface area contributed by atoms with Gasteiger partial charge >= 0.3 is 6.09 Å². The minimum Gasteiger partial charge on any atom is -0.497 e. The maximum atomic E-state index is 13.9. The number of hydrogen-bond donors (Lipinski definition) is 0. The monoisotopic (exact) mass is 545 g/mol.